The molecule has 1 aromatic carbocycles. The fourth-order valence-corrected chi connectivity index (χ4v) is 3.15. The maximum absolute atomic E-state index is 11.2. The van der Waals surface area contributed by atoms with Crippen LogP contribution in [0.15, 0.2) is 42.9 Å². The van der Waals surface area contributed by atoms with Crippen molar-refractivity contribution in [2.24, 2.45) is 0 Å². The van der Waals surface area contributed by atoms with E-state index in [-0.39, 0.29) is 0 Å². The van der Waals surface area contributed by atoms with Crippen LogP contribution in [0.5, 0.6) is 11.6 Å². The van der Waals surface area contributed by atoms with Crippen molar-refractivity contribution in [3.63, 3.8) is 0 Å². The molecule has 0 spiro atoms. The number of nitrogens with one attached hydrogen (secondary N) is 1. The van der Waals surface area contributed by atoms with Crippen LogP contribution in [0.4, 0.5) is 4.79 Å². The molecule has 140 valence electrons. The van der Waals surface area contributed by atoms with Gasteiger partial charge in [0.05, 0.1) is 11.2 Å². The second-order valence-corrected chi connectivity index (χ2v) is 6.41. The second kappa shape index (κ2) is 7.73. The van der Waals surface area contributed by atoms with E-state index in [1.807, 2.05) is 0 Å². The largest absolute Gasteiger partial charge is 0.464 e. The zero-order chi connectivity index (χ0) is 18.6. The van der Waals surface area contributed by atoms with E-state index >= 15 is 0 Å². The summed E-state index contributed by atoms with van der Waals surface area (Å²) >= 11 is 0. The first-order valence-corrected chi connectivity index (χ1v) is 8.83. The molecule has 1 aliphatic rings. The van der Waals surface area contributed by atoms with Crippen LogP contribution in [0.2, 0.25) is 0 Å². The highest BCUT2D eigenvalue weighted by Crippen LogP contribution is 2.25. The van der Waals surface area contributed by atoms with E-state index < -0.39 is 6.09 Å². The van der Waals surface area contributed by atoms with E-state index in [4.69, 9.17) is 14.6 Å². The van der Waals surface area contributed by atoms with Gasteiger partial charge in [-0.2, -0.15) is 0 Å². The number of carboxylic acid groups (broad SMARTS) is 1. The van der Waals surface area contributed by atoms with Crippen molar-refractivity contribution in [2.75, 3.05) is 13.2 Å². The fraction of sp³-hybridized carbons (Fsp3) is 0.316. The summed E-state index contributed by atoms with van der Waals surface area (Å²) in [6.45, 7) is 2.23. The van der Waals surface area contributed by atoms with E-state index in [2.05, 4.69) is 15.3 Å². The van der Waals surface area contributed by atoms with Gasteiger partial charge in [-0.05, 0) is 37.1 Å². The second-order valence-electron chi connectivity index (χ2n) is 6.41. The molecule has 1 fully saturated rings. The van der Waals surface area contributed by atoms with Crippen LogP contribution in [0.3, 0.4) is 0 Å². The number of aromatic nitrogens is 3. The molecular weight excluding hydrogens is 348 g/mol. The van der Waals surface area contributed by atoms with Crippen LogP contribution < -0.4 is 10.1 Å². The van der Waals surface area contributed by atoms with E-state index in [9.17, 15) is 4.79 Å². The van der Waals surface area contributed by atoms with Gasteiger partial charge in [0.2, 0.25) is 5.88 Å². The van der Waals surface area contributed by atoms with Crippen molar-refractivity contribution < 1.29 is 19.4 Å². The molecule has 0 radical (unpaired) electrons. The first-order chi connectivity index (χ1) is 13.2. The van der Waals surface area contributed by atoms with Gasteiger partial charge in [0, 0.05) is 43.4 Å². The normalized spacial score (nSPS) is 15.1. The number of fused-ring (bicyclic) bond motifs is 1. The molecule has 2 aromatic heterocycles. The van der Waals surface area contributed by atoms with E-state index in [1.54, 1.807) is 30.3 Å². The van der Waals surface area contributed by atoms with Crippen molar-refractivity contribution in [1.82, 2.24) is 19.9 Å². The monoisotopic (exact) mass is 368 g/mol. The highest BCUT2D eigenvalue weighted by atomic mass is 16.5. The summed E-state index contributed by atoms with van der Waals surface area (Å²) in [6.07, 6.45) is 3.99. The van der Waals surface area contributed by atoms with Crippen molar-refractivity contribution in [1.29, 1.82) is 0 Å². The van der Waals surface area contributed by atoms with Gasteiger partial charge in [-0.1, -0.05) is 0 Å². The molecule has 2 N–H and O–H groups in total. The minimum atomic E-state index is -1.02. The number of nitrogens with zero attached hydrogens (tertiary/aromatic N) is 3. The van der Waals surface area contributed by atoms with Crippen LogP contribution >= 0.6 is 0 Å². The Balaban J connectivity index is 1.44. The quantitative estimate of drug-likeness (QED) is 0.714. The van der Waals surface area contributed by atoms with Gasteiger partial charge in [0.15, 0.2) is 0 Å². The van der Waals surface area contributed by atoms with Crippen LogP contribution in [-0.4, -0.2) is 45.0 Å². The minimum Gasteiger partial charge on any atom is -0.464 e. The van der Waals surface area contributed by atoms with Gasteiger partial charge in [0.25, 0.3) is 0 Å². The standard InChI is InChI=1S/C19H20N4O4/c24-19(25)23-6-3-13-9-16(1-2-17(13)23)27-18-10-15(21-12-22-18)11-20-14-4-7-26-8-5-14/h1-3,6,9-10,12,14,20H,4-5,7-8,11H2,(H,24,25). The summed E-state index contributed by atoms with van der Waals surface area (Å²) in [4.78, 5) is 19.6. The topological polar surface area (TPSA) is 98.5 Å². The zero-order valence-electron chi connectivity index (χ0n) is 14.7. The van der Waals surface area contributed by atoms with E-state index in [0.717, 1.165) is 37.1 Å². The lowest BCUT2D eigenvalue weighted by molar-refractivity contribution is 0.0775. The third-order valence-electron chi connectivity index (χ3n) is 4.58. The van der Waals surface area contributed by atoms with Gasteiger partial charge in [0.1, 0.15) is 12.1 Å². The summed E-state index contributed by atoms with van der Waals surface area (Å²) in [6, 6.07) is 9.21. The molecule has 0 amide bonds. The molecule has 0 unspecified atom stereocenters. The Morgan fingerprint density at radius 2 is 2.11 bits per heavy atom. The van der Waals surface area contributed by atoms with Crippen LogP contribution in [0.25, 0.3) is 10.9 Å². The summed E-state index contributed by atoms with van der Waals surface area (Å²) in [5.74, 6) is 1.04. The number of hydrogen-bond donors (Lipinski definition) is 2. The molecule has 0 aliphatic carbocycles. The predicted molar refractivity (Wildman–Crippen MR) is 98.1 cm³/mol. The van der Waals surface area contributed by atoms with Crippen LogP contribution in [0, 0.1) is 0 Å². The van der Waals surface area contributed by atoms with Crippen molar-refractivity contribution >= 4 is 17.0 Å². The Hall–Kier alpha value is -2.97. The first kappa shape index (κ1) is 17.4. The average molecular weight is 368 g/mol. The van der Waals surface area contributed by atoms with Crippen molar-refractivity contribution in [3.8, 4) is 11.6 Å². The summed E-state index contributed by atoms with van der Waals surface area (Å²) in [7, 11) is 0. The van der Waals surface area contributed by atoms with E-state index in [1.165, 1.54) is 17.1 Å². The Bertz CT molecular complexity index is 950. The number of benzene rings is 1. The summed E-state index contributed by atoms with van der Waals surface area (Å²) in [5.41, 5.74) is 1.46. The smallest absolute Gasteiger partial charge is 0.415 e. The van der Waals surface area contributed by atoms with Crippen molar-refractivity contribution in [3.05, 3.63) is 48.5 Å². The Labute approximate surface area is 155 Å². The van der Waals surface area contributed by atoms with Crippen molar-refractivity contribution in [2.45, 2.75) is 25.4 Å². The highest BCUT2D eigenvalue weighted by molar-refractivity contribution is 5.89. The maximum atomic E-state index is 11.2. The molecular formula is C19H20N4O4. The average Bonchev–Trinajstić information content (AvgIpc) is 3.11. The fourth-order valence-electron chi connectivity index (χ4n) is 3.15. The summed E-state index contributed by atoms with van der Waals surface area (Å²) in [5, 5.41) is 13.4. The van der Waals surface area contributed by atoms with Gasteiger partial charge in [-0.3, -0.25) is 4.57 Å². The van der Waals surface area contributed by atoms with Crippen LogP contribution in [-0.2, 0) is 11.3 Å². The SMILES string of the molecule is O=C(O)n1ccc2cc(Oc3cc(CNC4CCOCC4)ncn3)ccc21. The highest BCUT2D eigenvalue weighted by Gasteiger charge is 2.13. The first-order valence-electron chi connectivity index (χ1n) is 8.83. The molecule has 0 bridgehead atoms. The molecule has 1 saturated heterocycles. The molecule has 3 heterocycles. The molecule has 8 nitrogen and oxygen atoms in total. The third kappa shape index (κ3) is 4.07. The predicted octanol–water partition coefficient (Wildman–Crippen LogP) is 3.02. The number of carbonyl (C=O) groups is 1. The number of rotatable bonds is 5. The third-order valence-corrected chi connectivity index (χ3v) is 4.58. The van der Waals surface area contributed by atoms with E-state index in [0.29, 0.717) is 29.7 Å². The van der Waals surface area contributed by atoms with Gasteiger partial charge in [-0.25, -0.2) is 14.8 Å². The maximum Gasteiger partial charge on any atom is 0.415 e. The van der Waals surface area contributed by atoms with Gasteiger partial charge in [-0.15, -0.1) is 0 Å². The molecule has 1 aliphatic heterocycles. The summed E-state index contributed by atoms with van der Waals surface area (Å²) < 4.78 is 12.4. The minimum absolute atomic E-state index is 0.443. The number of hydrogen-bond acceptors (Lipinski definition) is 6. The molecule has 8 heteroatoms. The molecule has 3 aromatic rings. The lowest BCUT2D eigenvalue weighted by Crippen LogP contribution is -2.34. The molecule has 27 heavy (non-hydrogen) atoms. The molecule has 0 atom stereocenters. The molecule has 0 saturated carbocycles. The Morgan fingerprint density at radius 1 is 1.26 bits per heavy atom. The lowest BCUT2D eigenvalue weighted by atomic mass is 10.1. The lowest BCUT2D eigenvalue weighted by Gasteiger charge is -2.23. The van der Waals surface area contributed by atoms with Gasteiger partial charge >= 0.3 is 6.09 Å². The van der Waals surface area contributed by atoms with Crippen LogP contribution in [0.1, 0.15) is 18.5 Å². The van der Waals surface area contributed by atoms with Gasteiger partial charge < -0.3 is 19.9 Å². The Kier molecular flexibility index (Phi) is 4.99. The number of ether oxygens (including phenoxy) is 2. The Morgan fingerprint density at radius 3 is 2.93 bits per heavy atom. The zero-order valence-corrected chi connectivity index (χ0v) is 14.7. The molecule has 4 rings (SSSR count).